The fourth-order valence-corrected chi connectivity index (χ4v) is 3.01. The summed E-state index contributed by atoms with van der Waals surface area (Å²) < 4.78 is 5.12. The van der Waals surface area contributed by atoms with Gasteiger partial charge < -0.3 is 15.2 Å². The van der Waals surface area contributed by atoms with Gasteiger partial charge in [0.2, 0.25) is 0 Å². The van der Waals surface area contributed by atoms with Crippen LogP contribution in [0.3, 0.4) is 0 Å². The summed E-state index contributed by atoms with van der Waals surface area (Å²) in [7, 11) is 1.57. The van der Waals surface area contributed by atoms with E-state index in [0.717, 1.165) is 12.8 Å². The topological polar surface area (TPSA) is 58.6 Å². The molecule has 0 aromatic heterocycles. The Morgan fingerprint density at radius 1 is 1.38 bits per heavy atom. The van der Waals surface area contributed by atoms with Gasteiger partial charge in [-0.05, 0) is 36.0 Å². The van der Waals surface area contributed by atoms with Crippen LogP contribution in [0.25, 0.3) is 0 Å². The van der Waals surface area contributed by atoms with E-state index >= 15 is 0 Å². The number of carbonyl (C=O) groups is 1. The highest BCUT2D eigenvalue weighted by molar-refractivity contribution is 5.82. The van der Waals surface area contributed by atoms with Crippen molar-refractivity contribution >= 4 is 5.91 Å². The number of aliphatic hydroxyl groups is 1. The summed E-state index contributed by atoms with van der Waals surface area (Å²) in [6.07, 6.45) is 2.18. The average molecular weight is 291 g/mol. The van der Waals surface area contributed by atoms with Gasteiger partial charge >= 0.3 is 0 Å². The maximum Gasteiger partial charge on any atom is 0.253 e. The van der Waals surface area contributed by atoms with Gasteiger partial charge in [-0.1, -0.05) is 38.8 Å². The SMILES string of the molecule is COc1cccc(C(O)C(=O)NC2CCCC(C)C2C)c1. The minimum Gasteiger partial charge on any atom is -0.497 e. The average Bonchev–Trinajstić information content (AvgIpc) is 2.51. The molecule has 2 rings (SSSR count). The summed E-state index contributed by atoms with van der Waals surface area (Å²) >= 11 is 0. The predicted octanol–water partition coefficient (Wildman–Crippen LogP) is 2.67. The van der Waals surface area contributed by atoms with E-state index in [0.29, 0.717) is 23.1 Å². The van der Waals surface area contributed by atoms with E-state index < -0.39 is 6.10 Å². The molecule has 0 radical (unpaired) electrons. The van der Waals surface area contributed by atoms with E-state index in [1.165, 1.54) is 6.42 Å². The fraction of sp³-hybridized carbons (Fsp3) is 0.588. The van der Waals surface area contributed by atoms with Crippen LogP contribution >= 0.6 is 0 Å². The maximum atomic E-state index is 12.3. The molecule has 0 saturated heterocycles. The molecular weight excluding hydrogens is 266 g/mol. The zero-order valence-electron chi connectivity index (χ0n) is 13.0. The van der Waals surface area contributed by atoms with Gasteiger partial charge in [0.05, 0.1) is 7.11 Å². The molecule has 1 aliphatic carbocycles. The van der Waals surface area contributed by atoms with Crippen LogP contribution in [0.5, 0.6) is 5.75 Å². The number of nitrogens with one attached hydrogen (secondary N) is 1. The molecule has 1 aromatic rings. The predicted molar refractivity (Wildman–Crippen MR) is 82.1 cm³/mol. The van der Waals surface area contributed by atoms with Crippen molar-refractivity contribution in [2.24, 2.45) is 11.8 Å². The number of methoxy groups -OCH3 is 1. The highest BCUT2D eigenvalue weighted by Crippen LogP contribution is 2.30. The number of benzene rings is 1. The van der Waals surface area contributed by atoms with Crippen LogP contribution in [0, 0.1) is 11.8 Å². The van der Waals surface area contributed by atoms with Crippen molar-refractivity contribution in [1.29, 1.82) is 0 Å². The second-order valence-electron chi connectivity index (χ2n) is 6.06. The van der Waals surface area contributed by atoms with E-state index in [4.69, 9.17) is 4.74 Å². The quantitative estimate of drug-likeness (QED) is 0.896. The first-order valence-corrected chi connectivity index (χ1v) is 7.65. The molecule has 1 aliphatic rings. The largest absolute Gasteiger partial charge is 0.497 e. The van der Waals surface area contributed by atoms with Crippen LogP contribution in [0.1, 0.15) is 44.8 Å². The molecule has 1 aromatic carbocycles. The van der Waals surface area contributed by atoms with Crippen LogP contribution in [0.15, 0.2) is 24.3 Å². The number of aliphatic hydroxyl groups excluding tert-OH is 1. The van der Waals surface area contributed by atoms with Crippen LogP contribution in [-0.2, 0) is 4.79 Å². The fourth-order valence-electron chi connectivity index (χ4n) is 3.01. The second-order valence-corrected chi connectivity index (χ2v) is 6.06. The summed E-state index contributed by atoms with van der Waals surface area (Å²) in [4.78, 5) is 12.3. The normalized spacial score (nSPS) is 27.0. The Bertz CT molecular complexity index is 489. The molecule has 21 heavy (non-hydrogen) atoms. The van der Waals surface area contributed by atoms with Gasteiger partial charge in [-0.2, -0.15) is 0 Å². The number of carbonyl (C=O) groups excluding carboxylic acids is 1. The minimum atomic E-state index is -1.15. The highest BCUT2D eigenvalue weighted by atomic mass is 16.5. The molecule has 0 spiro atoms. The first-order valence-electron chi connectivity index (χ1n) is 7.65. The molecule has 0 bridgehead atoms. The molecule has 4 atom stereocenters. The van der Waals surface area contributed by atoms with Gasteiger partial charge in [0, 0.05) is 6.04 Å². The standard InChI is InChI=1S/C17H25NO3/c1-11-6-4-9-15(12(11)2)18-17(20)16(19)13-7-5-8-14(10-13)21-3/h5,7-8,10-12,15-16,19H,4,6,9H2,1-3H3,(H,18,20). The monoisotopic (exact) mass is 291 g/mol. The van der Waals surface area contributed by atoms with Crippen molar-refractivity contribution in [3.05, 3.63) is 29.8 Å². The molecule has 0 heterocycles. The summed E-state index contributed by atoms with van der Waals surface area (Å²) in [6.45, 7) is 4.40. The number of ether oxygens (including phenoxy) is 1. The molecule has 4 unspecified atom stereocenters. The summed E-state index contributed by atoms with van der Waals surface area (Å²) in [5, 5.41) is 13.2. The van der Waals surface area contributed by atoms with Gasteiger partial charge in [0.15, 0.2) is 6.10 Å². The molecule has 2 N–H and O–H groups in total. The molecule has 116 valence electrons. The van der Waals surface area contributed by atoms with Gasteiger partial charge in [-0.15, -0.1) is 0 Å². The van der Waals surface area contributed by atoms with Crippen molar-refractivity contribution in [3.8, 4) is 5.75 Å². The number of amides is 1. The molecular formula is C17H25NO3. The first kappa shape index (κ1) is 15.8. The zero-order chi connectivity index (χ0) is 15.4. The van der Waals surface area contributed by atoms with Crippen molar-refractivity contribution in [1.82, 2.24) is 5.32 Å². The third-order valence-corrected chi connectivity index (χ3v) is 4.69. The van der Waals surface area contributed by atoms with Crippen molar-refractivity contribution in [3.63, 3.8) is 0 Å². The summed E-state index contributed by atoms with van der Waals surface area (Å²) in [5.41, 5.74) is 0.559. The van der Waals surface area contributed by atoms with E-state index in [1.54, 1.807) is 31.4 Å². The van der Waals surface area contributed by atoms with Gasteiger partial charge in [-0.3, -0.25) is 4.79 Å². The maximum absolute atomic E-state index is 12.3. The van der Waals surface area contributed by atoms with Crippen molar-refractivity contribution in [2.75, 3.05) is 7.11 Å². The Morgan fingerprint density at radius 3 is 2.86 bits per heavy atom. The van der Waals surface area contributed by atoms with Crippen LogP contribution in [-0.4, -0.2) is 24.2 Å². The Morgan fingerprint density at radius 2 is 2.14 bits per heavy atom. The Balaban J connectivity index is 2.01. The number of hydrogen-bond acceptors (Lipinski definition) is 3. The molecule has 1 amide bonds. The molecule has 4 nitrogen and oxygen atoms in total. The van der Waals surface area contributed by atoms with Crippen LogP contribution < -0.4 is 10.1 Å². The summed E-state index contributed by atoms with van der Waals surface area (Å²) in [6, 6.07) is 7.15. The Kier molecular flexibility index (Phi) is 5.23. The smallest absolute Gasteiger partial charge is 0.253 e. The van der Waals surface area contributed by atoms with E-state index in [2.05, 4.69) is 19.2 Å². The van der Waals surface area contributed by atoms with Crippen molar-refractivity contribution in [2.45, 2.75) is 45.3 Å². The van der Waals surface area contributed by atoms with E-state index in [9.17, 15) is 9.90 Å². The van der Waals surface area contributed by atoms with Gasteiger partial charge in [-0.25, -0.2) is 0 Å². The number of hydrogen-bond donors (Lipinski definition) is 2. The lowest BCUT2D eigenvalue weighted by atomic mass is 9.78. The van der Waals surface area contributed by atoms with Gasteiger partial charge in [0.1, 0.15) is 5.75 Å². The second kappa shape index (κ2) is 6.94. The van der Waals surface area contributed by atoms with Crippen LogP contribution in [0.2, 0.25) is 0 Å². The number of rotatable bonds is 4. The zero-order valence-corrected chi connectivity index (χ0v) is 13.0. The van der Waals surface area contributed by atoms with Crippen LogP contribution in [0.4, 0.5) is 0 Å². The highest BCUT2D eigenvalue weighted by Gasteiger charge is 2.30. The lowest BCUT2D eigenvalue weighted by Crippen LogP contribution is -2.45. The van der Waals surface area contributed by atoms with Gasteiger partial charge in [0.25, 0.3) is 5.91 Å². The third kappa shape index (κ3) is 3.76. The Hall–Kier alpha value is -1.55. The third-order valence-electron chi connectivity index (χ3n) is 4.69. The Labute approximate surface area is 126 Å². The van der Waals surface area contributed by atoms with E-state index in [-0.39, 0.29) is 11.9 Å². The molecule has 1 fully saturated rings. The molecule has 0 aliphatic heterocycles. The van der Waals surface area contributed by atoms with Crippen molar-refractivity contribution < 1.29 is 14.6 Å². The lowest BCUT2D eigenvalue weighted by molar-refractivity contribution is -0.131. The molecule has 4 heteroatoms. The first-order chi connectivity index (χ1) is 10.0. The van der Waals surface area contributed by atoms with E-state index in [1.807, 2.05) is 0 Å². The lowest BCUT2D eigenvalue weighted by Gasteiger charge is -2.35. The molecule has 1 saturated carbocycles. The summed E-state index contributed by atoms with van der Waals surface area (Å²) in [5.74, 6) is 1.37. The minimum absolute atomic E-state index is 0.154.